The number of hydrogen-bond donors (Lipinski definition) is 2. The van der Waals surface area contributed by atoms with Gasteiger partial charge in [-0.3, -0.25) is 0 Å². The summed E-state index contributed by atoms with van der Waals surface area (Å²) in [5.74, 6) is 0.929. The molecule has 0 unspecified atom stereocenters. The summed E-state index contributed by atoms with van der Waals surface area (Å²) in [4.78, 5) is 0. The molecule has 2 nitrogen and oxygen atoms in total. The standard InChI is InChI=1S/C12H25NO/c1-2-3-11-4-6-12(10-13,7-5-11)8-9-14/h11,14H,2-10,13H2,1H3. The van der Waals surface area contributed by atoms with Gasteiger partial charge in [0, 0.05) is 6.61 Å². The van der Waals surface area contributed by atoms with E-state index in [1.807, 2.05) is 0 Å². The maximum absolute atomic E-state index is 9.03. The van der Waals surface area contributed by atoms with Crippen LogP contribution < -0.4 is 5.73 Å². The van der Waals surface area contributed by atoms with Gasteiger partial charge < -0.3 is 10.8 Å². The van der Waals surface area contributed by atoms with Gasteiger partial charge in [-0.05, 0) is 50.0 Å². The van der Waals surface area contributed by atoms with E-state index in [2.05, 4.69) is 6.92 Å². The number of aliphatic hydroxyl groups excluding tert-OH is 1. The predicted octanol–water partition coefficient (Wildman–Crippen LogP) is 2.30. The summed E-state index contributed by atoms with van der Waals surface area (Å²) in [6.45, 7) is 3.32. The first kappa shape index (κ1) is 12.0. The van der Waals surface area contributed by atoms with Crippen LogP contribution in [0.5, 0.6) is 0 Å². The maximum Gasteiger partial charge on any atom is 0.0436 e. The van der Waals surface area contributed by atoms with E-state index < -0.39 is 0 Å². The first-order valence-electron chi connectivity index (χ1n) is 6.07. The summed E-state index contributed by atoms with van der Waals surface area (Å²) in [5, 5.41) is 9.03. The van der Waals surface area contributed by atoms with Crippen LogP contribution in [-0.4, -0.2) is 18.3 Å². The predicted molar refractivity (Wildman–Crippen MR) is 60.1 cm³/mol. The molecule has 0 spiro atoms. The molecular formula is C12H25NO. The number of rotatable bonds is 5. The van der Waals surface area contributed by atoms with E-state index in [0.29, 0.717) is 6.61 Å². The molecule has 0 saturated heterocycles. The quantitative estimate of drug-likeness (QED) is 0.713. The zero-order valence-electron chi connectivity index (χ0n) is 9.47. The molecule has 84 valence electrons. The van der Waals surface area contributed by atoms with Crippen molar-refractivity contribution in [2.24, 2.45) is 17.1 Å². The van der Waals surface area contributed by atoms with Crippen LogP contribution >= 0.6 is 0 Å². The minimum Gasteiger partial charge on any atom is -0.396 e. The van der Waals surface area contributed by atoms with Crippen LogP contribution in [0.15, 0.2) is 0 Å². The monoisotopic (exact) mass is 199 g/mol. The van der Waals surface area contributed by atoms with Gasteiger partial charge >= 0.3 is 0 Å². The lowest BCUT2D eigenvalue weighted by molar-refractivity contribution is 0.109. The molecule has 1 aliphatic carbocycles. The van der Waals surface area contributed by atoms with Crippen molar-refractivity contribution < 1.29 is 5.11 Å². The fraction of sp³-hybridized carbons (Fsp3) is 1.00. The molecule has 0 bridgehead atoms. The average Bonchev–Trinajstić information content (AvgIpc) is 2.22. The van der Waals surface area contributed by atoms with Crippen LogP contribution in [0.2, 0.25) is 0 Å². The van der Waals surface area contributed by atoms with Crippen LogP contribution in [0, 0.1) is 11.3 Å². The van der Waals surface area contributed by atoms with Crippen molar-refractivity contribution in [2.75, 3.05) is 13.2 Å². The molecule has 3 N–H and O–H groups in total. The molecule has 0 aromatic carbocycles. The highest BCUT2D eigenvalue weighted by Gasteiger charge is 2.33. The Hall–Kier alpha value is -0.0800. The van der Waals surface area contributed by atoms with Crippen molar-refractivity contribution in [1.29, 1.82) is 0 Å². The number of hydrogen-bond acceptors (Lipinski definition) is 2. The summed E-state index contributed by atoms with van der Waals surface area (Å²) < 4.78 is 0. The summed E-state index contributed by atoms with van der Waals surface area (Å²) in [5.41, 5.74) is 6.11. The molecule has 14 heavy (non-hydrogen) atoms. The third-order valence-electron chi connectivity index (χ3n) is 3.94. The van der Waals surface area contributed by atoms with Crippen molar-refractivity contribution >= 4 is 0 Å². The van der Waals surface area contributed by atoms with Gasteiger partial charge in [-0.2, -0.15) is 0 Å². The fourth-order valence-electron chi connectivity index (χ4n) is 2.78. The first-order valence-corrected chi connectivity index (χ1v) is 6.07. The Kier molecular flexibility index (Phi) is 4.90. The van der Waals surface area contributed by atoms with E-state index in [-0.39, 0.29) is 5.41 Å². The summed E-state index contributed by atoms with van der Waals surface area (Å²) in [6.07, 6.45) is 8.70. The highest BCUT2D eigenvalue weighted by molar-refractivity contribution is 4.86. The van der Waals surface area contributed by atoms with E-state index >= 15 is 0 Å². The SMILES string of the molecule is CCCC1CCC(CN)(CCO)CC1. The molecule has 0 heterocycles. The van der Waals surface area contributed by atoms with Gasteiger partial charge in [0.2, 0.25) is 0 Å². The van der Waals surface area contributed by atoms with Crippen LogP contribution in [-0.2, 0) is 0 Å². The fourth-order valence-corrected chi connectivity index (χ4v) is 2.78. The van der Waals surface area contributed by atoms with Gasteiger partial charge in [-0.25, -0.2) is 0 Å². The Morgan fingerprint density at radius 3 is 2.43 bits per heavy atom. The summed E-state index contributed by atoms with van der Waals surface area (Å²) in [7, 11) is 0. The summed E-state index contributed by atoms with van der Waals surface area (Å²) in [6, 6.07) is 0. The van der Waals surface area contributed by atoms with Crippen LogP contribution in [0.4, 0.5) is 0 Å². The van der Waals surface area contributed by atoms with E-state index in [1.165, 1.54) is 38.5 Å². The molecule has 0 aliphatic heterocycles. The molecule has 0 aromatic heterocycles. The molecule has 0 amide bonds. The maximum atomic E-state index is 9.03. The van der Waals surface area contributed by atoms with Gasteiger partial charge in [-0.1, -0.05) is 19.8 Å². The first-order chi connectivity index (χ1) is 6.76. The molecular weight excluding hydrogens is 174 g/mol. The Morgan fingerprint density at radius 1 is 1.36 bits per heavy atom. The van der Waals surface area contributed by atoms with E-state index in [0.717, 1.165) is 18.9 Å². The van der Waals surface area contributed by atoms with Crippen molar-refractivity contribution in [3.8, 4) is 0 Å². The van der Waals surface area contributed by atoms with Gasteiger partial charge in [-0.15, -0.1) is 0 Å². The Balaban J connectivity index is 2.38. The zero-order valence-corrected chi connectivity index (χ0v) is 9.47. The average molecular weight is 199 g/mol. The Bertz CT molecular complexity index is 150. The van der Waals surface area contributed by atoms with Gasteiger partial charge in [0.15, 0.2) is 0 Å². The van der Waals surface area contributed by atoms with E-state index in [9.17, 15) is 0 Å². The van der Waals surface area contributed by atoms with Crippen molar-refractivity contribution in [1.82, 2.24) is 0 Å². The van der Waals surface area contributed by atoms with Crippen molar-refractivity contribution in [3.05, 3.63) is 0 Å². The Labute approximate surface area is 87.9 Å². The topological polar surface area (TPSA) is 46.2 Å². The lowest BCUT2D eigenvalue weighted by Gasteiger charge is -2.39. The van der Waals surface area contributed by atoms with Crippen LogP contribution in [0.3, 0.4) is 0 Å². The third-order valence-corrected chi connectivity index (χ3v) is 3.94. The minimum absolute atomic E-state index is 0.277. The van der Waals surface area contributed by atoms with Gasteiger partial charge in [0.1, 0.15) is 0 Å². The Morgan fingerprint density at radius 2 is 2.00 bits per heavy atom. The molecule has 2 heteroatoms. The second kappa shape index (κ2) is 5.72. The zero-order chi connectivity index (χ0) is 10.4. The molecule has 1 aliphatic rings. The van der Waals surface area contributed by atoms with Gasteiger partial charge in [0.25, 0.3) is 0 Å². The van der Waals surface area contributed by atoms with Crippen molar-refractivity contribution in [2.45, 2.75) is 51.9 Å². The van der Waals surface area contributed by atoms with Gasteiger partial charge in [0.05, 0.1) is 0 Å². The van der Waals surface area contributed by atoms with Crippen molar-refractivity contribution in [3.63, 3.8) is 0 Å². The normalized spacial score (nSPS) is 33.2. The smallest absolute Gasteiger partial charge is 0.0436 e. The minimum atomic E-state index is 0.277. The molecule has 1 fully saturated rings. The molecule has 1 saturated carbocycles. The van der Waals surface area contributed by atoms with E-state index in [4.69, 9.17) is 10.8 Å². The highest BCUT2D eigenvalue weighted by Crippen LogP contribution is 2.41. The summed E-state index contributed by atoms with van der Waals surface area (Å²) >= 11 is 0. The second-order valence-electron chi connectivity index (χ2n) is 4.91. The number of aliphatic hydroxyl groups is 1. The lowest BCUT2D eigenvalue weighted by atomic mass is 9.68. The number of nitrogens with two attached hydrogens (primary N) is 1. The third kappa shape index (κ3) is 2.96. The molecule has 0 radical (unpaired) electrons. The molecule has 0 atom stereocenters. The van der Waals surface area contributed by atoms with Crippen LogP contribution in [0.1, 0.15) is 51.9 Å². The lowest BCUT2D eigenvalue weighted by Crippen LogP contribution is -2.35. The van der Waals surface area contributed by atoms with Crippen LogP contribution in [0.25, 0.3) is 0 Å². The second-order valence-corrected chi connectivity index (χ2v) is 4.91. The largest absolute Gasteiger partial charge is 0.396 e. The molecule has 0 aromatic rings. The highest BCUT2D eigenvalue weighted by atomic mass is 16.3. The van der Waals surface area contributed by atoms with E-state index in [1.54, 1.807) is 0 Å². The molecule has 1 rings (SSSR count).